The van der Waals surface area contributed by atoms with Crippen LogP contribution in [0.15, 0.2) is 0 Å². The summed E-state index contributed by atoms with van der Waals surface area (Å²) in [6.07, 6.45) is -1.11. The largest absolute Gasteiger partial charge is 0.481 e. The van der Waals surface area contributed by atoms with Crippen molar-refractivity contribution in [1.82, 2.24) is 21.3 Å². The van der Waals surface area contributed by atoms with Crippen LogP contribution in [-0.4, -0.2) is 82.9 Å². The van der Waals surface area contributed by atoms with Gasteiger partial charge in [-0.1, -0.05) is 13.8 Å². The first-order valence-corrected chi connectivity index (χ1v) is 10.9. The third-order valence-electron chi connectivity index (χ3n) is 4.56. The smallest absolute Gasteiger partial charge is 0.326 e. The Hall–Kier alpha value is -3.75. The minimum absolute atomic E-state index is 0.00581. The molecule has 15 heteroatoms. The van der Waals surface area contributed by atoms with Crippen molar-refractivity contribution in [2.75, 3.05) is 13.1 Å². The van der Waals surface area contributed by atoms with Gasteiger partial charge in [0.15, 0.2) is 0 Å². The average Bonchev–Trinajstić information content (AvgIpc) is 2.76. The number of nitrogens with one attached hydrogen (secondary N) is 4. The quantitative estimate of drug-likeness (QED) is 0.0985. The van der Waals surface area contributed by atoms with Crippen LogP contribution in [0.25, 0.3) is 0 Å². The van der Waals surface area contributed by atoms with Gasteiger partial charge in [-0.2, -0.15) is 0 Å². The average molecular weight is 503 g/mol. The summed E-state index contributed by atoms with van der Waals surface area (Å²) >= 11 is 0. The van der Waals surface area contributed by atoms with E-state index >= 15 is 0 Å². The van der Waals surface area contributed by atoms with E-state index < -0.39 is 72.6 Å². The summed E-state index contributed by atoms with van der Waals surface area (Å²) in [7, 11) is 0. The summed E-state index contributed by atoms with van der Waals surface area (Å²) in [6.45, 7) is 2.58. The Bertz CT molecular complexity index is 802. The van der Waals surface area contributed by atoms with Crippen molar-refractivity contribution in [2.24, 2.45) is 17.4 Å². The van der Waals surface area contributed by atoms with Crippen LogP contribution in [0.5, 0.6) is 0 Å². The second-order valence-electron chi connectivity index (χ2n) is 8.13. The van der Waals surface area contributed by atoms with Gasteiger partial charge in [0.2, 0.25) is 29.5 Å². The molecule has 0 spiro atoms. The van der Waals surface area contributed by atoms with E-state index in [-0.39, 0.29) is 38.1 Å². The molecule has 3 atom stereocenters. The van der Waals surface area contributed by atoms with E-state index in [0.29, 0.717) is 0 Å². The van der Waals surface area contributed by atoms with Gasteiger partial charge >= 0.3 is 11.9 Å². The molecule has 10 N–H and O–H groups in total. The van der Waals surface area contributed by atoms with Gasteiger partial charge in [-0.3, -0.25) is 28.8 Å². The first kappa shape index (κ1) is 31.2. The molecule has 0 aliphatic rings. The van der Waals surface area contributed by atoms with Gasteiger partial charge in [0.1, 0.15) is 18.1 Å². The van der Waals surface area contributed by atoms with Crippen LogP contribution in [0, 0.1) is 5.92 Å². The molecule has 0 aromatic heterocycles. The van der Waals surface area contributed by atoms with Gasteiger partial charge in [0.05, 0.1) is 13.1 Å². The van der Waals surface area contributed by atoms with Gasteiger partial charge in [-0.05, 0) is 25.2 Å². The fourth-order valence-electron chi connectivity index (χ4n) is 2.85. The monoisotopic (exact) mass is 502 g/mol. The van der Waals surface area contributed by atoms with Crippen molar-refractivity contribution < 1.29 is 43.8 Å². The van der Waals surface area contributed by atoms with E-state index in [1.165, 1.54) is 0 Å². The summed E-state index contributed by atoms with van der Waals surface area (Å²) in [5, 5.41) is 26.9. The van der Waals surface area contributed by atoms with E-state index in [4.69, 9.17) is 21.7 Å². The van der Waals surface area contributed by atoms with Crippen LogP contribution < -0.4 is 32.7 Å². The molecule has 0 saturated carbocycles. The molecule has 0 aromatic carbocycles. The highest BCUT2D eigenvalue weighted by Crippen LogP contribution is 2.07. The Labute approximate surface area is 201 Å². The number of carboxylic acid groups (broad SMARTS) is 2. The van der Waals surface area contributed by atoms with Crippen molar-refractivity contribution in [1.29, 1.82) is 0 Å². The number of rotatable bonds is 17. The Morgan fingerprint density at radius 1 is 0.771 bits per heavy atom. The molecule has 0 aromatic rings. The highest BCUT2D eigenvalue weighted by Gasteiger charge is 2.28. The zero-order chi connectivity index (χ0) is 27.1. The summed E-state index contributed by atoms with van der Waals surface area (Å²) in [5.41, 5.74) is 10.4. The maximum absolute atomic E-state index is 12.7. The number of nitrogens with two attached hydrogens (primary N) is 2. The number of carbonyl (C=O) groups excluding carboxylic acids is 5. The molecule has 0 saturated heterocycles. The number of hydrogen-bond acceptors (Lipinski definition) is 8. The molecular formula is C20H34N6O9. The Kier molecular flexibility index (Phi) is 14.3. The molecule has 0 heterocycles. The topological polar surface area (TPSA) is 260 Å². The molecule has 0 fully saturated rings. The van der Waals surface area contributed by atoms with Crippen molar-refractivity contribution in [3.05, 3.63) is 0 Å². The van der Waals surface area contributed by atoms with Crippen LogP contribution in [0.3, 0.4) is 0 Å². The van der Waals surface area contributed by atoms with Crippen LogP contribution in [0.2, 0.25) is 0 Å². The van der Waals surface area contributed by atoms with Crippen molar-refractivity contribution >= 4 is 41.5 Å². The lowest BCUT2D eigenvalue weighted by molar-refractivity contribution is -0.143. The zero-order valence-electron chi connectivity index (χ0n) is 19.7. The summed E-state index contributed by atoms with van der Waals surface area (Å²) in [5.74, 6) is -6.52. The summed E-state index contributed by atoms with van der Waals surface area (Å²) < 4.78 is 0. The molecule has 0 rings (SSSR count). The van der Waals surface area contributed by atoms with Crippen LogP contribution >= 0.6 is 0 Å². The van der Waals surface area contributed by atoms with E-state index in [1.807, 2.05) is 13.8 Å². The van der Waals surface area contributed by atoms with Crippen molar-refractivity contribution in [3.63, 3.8) is 0 Å². The normalized spacial score (nSPS) is 13.1. The predicted octanol–water partition coefficient (Wildman–Crippen LogP) is -3.22. The number of hydrogen-bond donors (Lipinski definition) is 8. The third-order valence-corrected chi connectivity index (χ3v) is 4.56. The number of aliphatic carboxylic acids is 2. The summed E-state index contributed by atoms with van der Waals surface area (Å²) in [6, 6.07) is -3.79. The lowest BCUT2D eigenvalue weighted by atomic mass is 10.0. The van der Waals surface area contributed by atoms with Crippen LogP contribution in [0.4, 0.5) is 0 Å². The molecule has 0 aliphatic heterocycles. The van der Waals surface area contributed by atoms with Crippen LogP contribution in [-0.2, 0) is 33.6 Å². The molecule has 0 bridgehead atoms. The van der Waals surface area contributed by atoms with Gasteiger partial charge < -0.3 is 42.9 Å². The Morgan fingerprint density at radius 2 is 1.34 bits per heavy atom. The fraction of sp³-hybridized carbons (Fsp3) is 0.650. The van der Waals surface area contributed by atoms with Gasteiger partial charge in [-0.15, -0.1) is 0 Å². The van der Waals surface area contributed by atoms with E-state index in [2.05, 4.69) is 21.3 Å². The zero-order valence-corrected chi connectivity index (χ0v) is 19.7. The molecule has 198 valence electrons. The first-order chi connectivity index (χ1) is 16.3. The van der Waals surface area contributed by atoms with E-state index in [0.717, 1.165) is 0 Å². The van der Waals surface area contributed by atoms with Gasteiger partial charge in [0, 0.05) is 12.8 Å². The fourth-order valence-corrected chi connectivity index (χ4v) is 2.85. The van der Waals surface area contributed by atoms with Crippen molar-refractivity contribution in [3.8, 4) is 0 Å². The molecule has 5 amide bonds. The standard InChI is InChI=1S/C20H34N6O9/c1-10(2)7-13(25-15(28)8-21)19(33)26-11(3-5-14(22)27)18(32)23-9-16(29)24-12(20(34)35)4-6-17(30)31/h10-13H,3-9,21H2,1-2H3,(H2,22,27)(H,23,32)(H,24,29)(H,25,28)(H,26,33)(H,30,31)(H,34,35)/t11-,12-,13-/m0/s1. The lowest BCUT2D eigenvalue weighted by Crippen LogP contribution is -2.55. The molecule has 0 aliphatic carbocycles. The first-order valence-electron chi connectivity index (χ1n) is 10.9. The number of amides is 5. The Morgan fingerprint density at radius 3 is 1.83 bits per heavy atom. The SMILES string of the molecule is CC(C)C[C@H](NC(=O)CN)C(=O)N[C@@H](CCC(N)=O)C(=O)NCC(=O)N[C@@H](CCC(=O)O)C(=O)O. The molecule has 0 unspecified atom stereocenters. The summed E-state index contributed by atoms with van der Waals surface area (Å²) in [4.78, 5) is 82.0. The minimum atomic E-state index is -1.48. The van der Waals surface area contributed by atoms with E-state index in [1.54, 1.807) is 0 Å². The van der Waals surface area contributed by atoms with E-state index in [9.17, 15) is 33.6 Å². The third kappa shape index (κ3) is 14.2. The number of carboxylic acids is 2. The maximum Gasteiger partial charge on any atom is 0.326 e. The molecule has 15 nitrogen and oxygen atoms in total. The Balaban J connectivity index is 5.22. The highest BCUT2D eigenvalue weighted by molar-refractivity contribution is 5.94. The highest BCUT2D eigenvalue weighted by atomic mass is 16.4. The predicted molar refractivity (Wildman–Crippen MR) is 120 cm³/mol. The van der Waals surface area contributed by atoms with Gasteiger partial charge in [-0.25, -0.2) is 4.79 Å². The minimum Gasteiger partial charge on any atom is -0.481 e. The molecular weight excluding hydrogens is 468 g/mol. The second-order valence-corrected chi connectivity index (χ2v) is 8.13. The molecule has 35 heavy (non-hydrogen) atoms. The number of carbonyl (C=O) groups is 7. The number of primary amides is 1. The van der Waals surface area contributed by atoms with Crippen molar-refractivity contribution in [2.45, 2.75) is 64.1 Å². The maximum atomic E-state index is 12.7. The molecule has 0 radical (unpaired) electrons. The van der Waals surface area contributed by atoms with Crippen LogP contribution in [0.1, 0.15) is 46.0 Å². The second kappa shape index (κ2) is 16.0. The lowest BCUT2D eigenvalue weighted by Gasteiger charge is -2.24. The van der Waals surface area contributed by atoms with Gasteiger partial charge in [0.25, 0.3) is 0 Å².